The molecule has 0 saturated heterocycles. The molecule has 1 saturated carbocycles. The topological polar surface area (TPSA) is 73.9 Å². The van der Waals surface area contributed by atoms with Crippen LogP contribution < -0.4 is 15.8 Å². The van der Waals surface area contributed by atoms with Gasteiger partial charge in [0.05, 0.1) is 0 Å². The number of anilines is 2. The zero-order valence-electron chi connectivity index (χ0n) is 17.7. The number of hydrogen-bond donors (Lipinski definition) is 2. The summed E-state index contributed by atoms with van der Waals surface area (Å²) in [5.74, 6) is 2.27. The first kappa shape index (κ1) is 21.3. The summed E-state index contributed by atoms with van der Waals surface area (Å²) in [5.41, 5.74) is 0.838. The Hall–Kier alpha value is -2.37. The Morgan fingerprint density at radius 1 is 1.14 bits per heavy atom. The smallest absolute Gasteiger partial charge is 0.255 e. The van der Waals surface area contributed by atoms with E-state index in [-0.39, 0.29) is 5.56 Å². The van der Waals surface area contributed by atoms with E-state index < -0.39 is 0 Å². The van der Waals surface area contributed by atoms with Crippen LogP contribution >= 0.6 is 0 Å². The van der Waals surface area contributed by atoms with Gasteiger partial charge in [0, 0.05) is 37.6 Å². The van der Waals surface area contributed by atoms with E-state index >= 15 is 0 Å². The van der Waals surface area contributed by atoms with Crippen LogP contribution in [0.1, 0.15) is 63.9 Å². The molecule has 158 valence electrons. The molecule has 2 N–H and O–H groups in total. The van der Waals surface area contributed by atoms with Gasteiger partial charge in [0.1, 0.15) is 5.82 Å². The molecule has 0 unspecified atom stereocenters. The quantitative estimate of drug-likeness (QED) is 0.550. The third-order valence-corrected chi connectivity index (χ3v) is 5.72. The van der Waals surface area contributed by atoms with E-state index in [9.17, 15) is 4.79 Å². The molecule has 0 amide bonds. The average molecular weight is 398 g/mol. The molecule has 2 heterocycles. The van der Waals surface area contributed by atoms with Crippen LogP contribution in [0, 0.1) is 5.92 Å². The number of rotatable bonds is 11. The molecule has 6 heteroatoms. The second kappa shape index (κ2) is 11.6. The molecule has 1 aliphatic carbocycles. The molecule has 0 aliphatic heterocycles. The molecule has 2 aromatic rings. The van der Waals surface area contributed by atoms with E-state index in [1.807, 2.05) is 18.3 Å². The van der Waals surface area contributed by atoms with Crippen LogP contribution in [0.25, 0.3) is 0 Å². The lowest BCUT2D eigenvalue weighted by atomic mass is 9.85. The number of hydrogen-bond acceptors (Lipinski definition) is 5. The van der Waals surface area contributed by atoms with Gasteiger partial charge in [-0.3, -0.25) is 9.78 Å². The number of H-pyrrole nitrogens is 1. The van der Waals surface area contributed by atoms with Gasteiger partial charge in [0.2, 0.25) is 5.95 Å². The average Bonchev–Trinajstić information content (AvgIpc) is 2.76. The lowest BCUT2D eigenvalue weighted by Crippen LogP contribution is -2.26. The highest BCUT2D eigenvalue weighted by Gasteiger charge is 2.16. The molecule has 0 spiro atoms. The molecule has 0 atom stereocenters. The van der Waals surface area contributed by atoms with Gasteiger partial charge in [-0.15, -0.1) is 0 Å². The zero-order chi connectivity index (χ0) is 20.3. The Morgan fingerprint density at radius 3 is 2.72 bits per heavy atom. The lowest BCUT2D eigenvalue weighted by Gasteiger charge is -2.23. The molecule has 0 aromatic carbocycles. The molecule has 2 aromatic heterocycles. The fourth-order valence-corrected chi connectivity index (χ4v) is 4.14. The summed E-state index contributed by atoms with van der Waals surface area (Å²) < 4.78 is 0. The Morgan fingerprint density at radius 2 is 2.00 bits per heavy atom. The maximum absolute atomic E-state index is 12.4. The third-order valence-electron chi connectivity index (χ3n) is 5.72. The Kier molecular flexibility index (Phi) is 8.53. The van der Waals surface area contributed by atoms with Gasteiger partial charge in [-0.25, -0.2) is 9.97 Å². The summed E-state index contributed by atoms with van der Waals surface area (Å²) in [6, 6.07) is 6.05. The van der Waals surface area contributed by atoms with Crippen molar-refractivity contribution in [3.8, 4) is 0 Å². The number of aromatic nitrogens is 3. The Labute approximate surface area is 174 Å². The first-order chi connectivity index (χ1) is 14.3. The van der Waals surface area contributed by atoms with Crippen molar-refractivity contribution in [3.63, 3.8) is 0 Å². The highest BCUT2D eigenvalue weighted by molar-refractivity contribution is 5.37. The fourth-order valence-electron chi connectivity index (χ4n) is 4.14. The number of unbranched alkanes of at least 4 members (excludes halogenated alkanes) is 1. The van der Waals surface area contributed by atoms with Gasteiger partial charge >= 0.3 is 0 Å². The van der Waals surface area contributed by atoms with E-state index in [0.29, 0.717) is 11.9 Å². The van der Waals surface area contributed by atoms with Gasteiger partial charge in [-0.2, -0.15) is 0 Å². The van der Waals surface area contributed by atoms with Crippen molar-refractivity contribution in [2.24, 2.45) is 5.92 Å². The third kappa shape index (κ3) is 6.87. The second-order valence-corrected chi connectivity index (χ2v) is 8.10. The van der Waals surface area contributed by atoms with Crippen LogP contribution in [0.5, 0.6) is 0 Å². The van der Waals surface area contributed by atoms with Crippen LogP contribution in [0.4, 0.5) is 11.8 Å². The molecule has 29 heavy (non-hydrogen) atoms. The monoisotopic (exact) mass is 397 g/mol. The minimum atomic E-state index is 0.0114. The first-order valence-electron chi connectivity index (χ1n) is 11.2. The van der Waals surface area contributed by atoms with Crippen molar-refractivity contribution in [2.75, 3.05) is 29.9 Å². The first-order valence-corrected chi connectivity index (χ1v) is 11.2. The standard InChI is InChI=1S/C23H35N5O/c1-2-15-28(21-12-6-7-13-24-21)16-9-8-14-25-23-26-18-20(22(29)27-23)17-19-10-4-3-5-11-19/h6-7,12-13,18-19H,2-5,8-11,14-17H2,1H3,(H2,25,26,27,29). The van der Waals surface area contributed by atoms with E-state index in [4.69, 9.17) is 0 Å². The molecular formula is C23H35N5O. The minimum Gasteiger partial charge on any atom is -0.357 e. The SMILES string of the molecule is CCCN(CCCCNc1ncc(CC2CCCCC2)c(=O)[nH]1)c1ccccn1. The molecule has 1 aliphatic rings. The predicted octanol–water partition coefficient (Wildman–Crippen LogP) is 4.40. The molecule has 6 nitrogen and oxygen atoms in total. The predicted molar refractivity (Wildman–Crippen MR) is 120 cm³/mol. The van der Waals surface area contributed by atoms with Crippen LogP contribution in [-0.4, -0.2) is 34.6 Å². The van der Waals surface area contributed by atoms with Crippen molar-refractivity contribution in [1.82, 2.24) is 15.0 Å². The highest BCUT2D eigenvalue weighted by Crippen LogP contribution is 2.25. The zero-order valence-corrected chi connectivity index (χ0v) is 17.7. The van der Waals surface area contributed by atoms with Crippen LogP contribution in [0.3, 0.4) is 0 Å². The number of nitrogens with zero attached hydrogens (tertiary/aromatic N) is 3. The van der Waals surface area contributed by atoms with Crippen molar-refractivity contribution in [2.45, 2.75) is 64.7 Å². The molecule has 0 bridgehead atoms. The molecule has 0 radical (unpaired) electrons. The van der Waals surface area contributed by atoms with E-state index in [0.717, 1.165) is 56.7 Å². The summed E-state index contributed by atoms with van der Waals surface area (Å²) in [5, 5.41) is 3.26. The summed E-state index contributed by atoms with van der Waals surface area (Å²) in [7, 11) is 0. The number of nitrogens with one attached hydrogen (secondary N) is 2. The fraction of sp³-hybridized carbons (Fsp3) is 0.609. The van der Waals surface area contributed by atoms with Crippen molar-refractivity contribution in [3.05, 3.63) is 46.5 Å². The highest BCUT2D eigenvalue weighted by atomic mass is 16.1. The molecule has 1 fully saturated rings. The molecular weight excluding hydrogens is 362 g/mol. The van der Waals surface area contributed by atoms with Gasteiger partial charge in [-0.05, 0) is 43.7 Å². The lowest BCUT2D eigenvalue weighted by molar-refractivity contribution is 0.355. The number of aromatic amines is 1. The maximum atomic E-state index is 12.4. The van der Waals surface area contributed by atoms with Crippen molar-refractivity contribution >= 4 is 11.8 Å². The second-order valence-electron chi connectivity index (χ2n) is 8.10. The van der Waals surface area contributed by atoms with Gasteiger partial charge in [-0.1, -0.05) is 45.1 Å². The summed E-state index contributed by atoms with van der Waals surface area (Å²) in [6.07, 6.45) is 14.1. The van der Waals surface area contributed by atoms with Crippen LogP contribution in [0.15, 0.2) is 35.4 Å². The van der Waals surface area contributed by atoms with E-state index in [1.54, 1.807) is 6.20 Å². The van der Waals surface area contributed by atoms with E-state index in [2.05, 4.69) is 38.2 Å². The van der Waals surface area contributed by atoms with Gasteiger partial charge < -0.3 is 10.2 Å². The summed E-state index contributed by atoms with van der Waals surface area (Å²) in [6.45, 7) is 4.99. The van der Waals surface area contributed by atoms with Gasteiger partial charge in [0.25, 0.3) is 5.56 Å². The van der Waals surface area contributed by atoms with E-state index in [1.165, 1.54) is 32.1 Å². The van der Waals surface area contributed by atoms with Gasteiger partial charge in [0.15, 0.2) is 0 Å². The van der Waals surface area contributed by atoms with Crippen LogP contribution in [-0.2, 0) is 6.42 Å². The summed E-state index contributed by atoms with van der Waals surface area (Å²) >= 11 is 0. The van der Waals surface area contributed by atoms with Crippen molar-refractivity contribution in [1.29, 1.82) is 0 Å². The Balaban J connectivity index is 1.40. The number of pyridine rings is 1. The molecule has 3 rings (SSSR count). The maximum Gasteiger partial charge on any atom is 0.255 e. The minimum absolute atomic E-state index is 0.0114. The Bertz CT molecular complexity index is 770. The summed E-state index contributed by atoms with van der Waals surface area (Å²) in [4.78, 5) is 26.5. The van der Waals surface area contributed by atoms with Crippen molar-refractivity contribution < 1.29 is 0 Å². The largest absolute Gasteiger partial charge is 0.357 e. The van der Waals surface area contributed by atoms with Crippen LogP contribution in [0.2, 0.25) is 0 Å². The normalized spacial score (nSPS) is 14.7.